The van der Waals surface area contributed by atoms with Gasteiger partial charge in [0, 0.05) is 30.6 Å². The number of carbonyl (C=O) groups excluding carboxylic acids is 1. The van der Waals surface area contributed by atoms with Gasteiger partial charge in [-0.2, -0.15) is 0 Å². The summed E-state index contributed by atoms with van der Waals surface area (Å²) >= 11 is 1.68. The lowest BCUT2D eigenvalue weighted by Gasteiger charge is -2.31. The molecule has 0 bridgehead atoms. The number of amides is 1. The maximum absolute atomic E-state index is 12.4. The normalized spacial score (nSPS) is 14.6. The molecule has 1 saturated heterocycles. The van der Waals surface area contributed by atoms with E-state index in [0.717, 1.165) is 42.1 Å². The number of hydrogen-bond acceptors (Lipinski definition) is 4. The van der Waals surface area contributed by atoms with Crippen LogP contribution in [0.15, 0.2) is 42.5 Å². The minimum atomic E-state index is -0.0864. The first-order valence-electron chi connectivity index (χ1n) is 9.59. The number of carbonyl (C=O) groups is 1. The SMILES string of the molecule is Cc1ccc(C#CC(=O)N2CCC(Nc3nc4ccccc4s3)CC2)cc1C. The van der Waals surface area contributed by atoms with E-state index in [9.17, 15) is 4.79 Å². The number of fused-ring (bicyclic) bond motifs is 1. The van der Waals surface area contributed by atoms with Crippen molar-refractivity contribution in [1.82, 2.24) is 9.88 Å². The second-order valence-electron chi connectivity index (χ2n) is 7.25. The van der Waals surface area contributed by atoms with E-state index in [1.54, 1.807) is 11.3 Å². The summed E-state index contributed by atoms with van der Waals surface area (Å²) in [5.74, 6) is 5.73. The van der Waals surface area contributed by atoms with Crippen molar-refractivity contribution in [3.05, 3.63) is 59.2 Å². The van der Waals surface area contributed by atoms with Gasteiger partial charge in [-0.05, 0) is 62.1 Å². The molecule has 0 radical (unpaired) electrons. The first kappa shape index (κ1) is 18.5. The van der Waals surface area contributed by atoms with Crippen LogP contribution in [0.4, 0.5) is 5.13 Å². The Bertz CT molecular complexity index is 1040. The number of hydrogen-bond donors (Lipinski definition) is 1. The maximum Gasteiger partial charge on any atom is 0.298 e. The van der Waals surface area contributed by atoms with E-state index >= 15 is 0 Å². The number of piperidine rings is 1. The summed E-state index contributed by atoms with van der Waals surface area (Å²) in [6.45, 7) is 5.59. The molecule has 4 nitrogen and oxygen atoms in total. The standard InChI is InChI=1S/C23H23N3OS/c1-16-7-8-18(15-17(16)2)9-10-22(27)26-13-11-19(12-14-26)24-23-25-20-5-3-4-6-21(20)28-23/h3-8,15,19H,11-14H2,1-2H3,(H,24,25). The van der Waals surface area contributed by atoms with Crippen molar-refractivity contribution >= 4 is 32.6 Å². The average Bonchev–Trinajstić information content (AvgIpc) is 3.11. The fraction of sp³-hybridized carbons (Fsp3) is 0.304. The Morgan fingerprint density at radius 2 is 1.93 bits per heavy atom. The van der Waals surface area contributed by atoms with Gasteiger partial charge in [0.15, 0.2) is 5.13 Å². The van der Waals surface area contributed by atoms with E-state index in [0.29, 0.717) is 6.04 Å². The summed E-state index contributed by atoms with van der Waals surface area (Å²) in [6, 6.07) is 14.6. The predicted octanol–water partition coefficient (Wildman–Crippen LogP) is 4.37. The molecule has 0 saturated carbocycles. The monoisotopic (exact) mass is 389 g/mol. The lowest BCUT2D eigenvalue weighted by molar-refractivity contribution is -0.126. The molecule has 28 heavy (non-hydrogen) atoms. The molecule has 3 aromatic rings. The number of likely N-dealkylation sites (tertiary alicyclic amines) is 1. The molecule has 5 heteroatoms. The Labute approximate surface area is 169 Å². The predicted molar refractivity (Wildman–Crippen MR) is 116 cm³/mol. The lowest BCUT2D eigenvalue weighted by Crippen LogP contribution is -2.41. The summed E-state index contributed by atoms with van der Waals surface area (Å²) in [7, 11) is 0. The summed E-state index contributed by atoms with van der Waals surface area (Å²) in [6.07, 6.45) is 1.82. The molecule has 0 aliphatic carbocycles. The number of aryl methyl sites for hydroxylation is 2. The highest BCUT2D eigenvalue weighted by molar-refractivity contribution is 7.22. The van der Waals surface area contributed by atoms with Crippen LogP contribution in [0.2, 0.25) is 0 Å². The van der Waals surface area contributed by atoms with Crippen LogP contribution in [0.1, 0.15) is 29.5 Å². The Kier molecular flexibility index (Phi) is 5.31. The highest BCUT2D eigenvalue weighted by atomic mass is 32.1. The van der Waals surface area contributed by atoms with Gasteiger partial charge in [0.2, 0.25) is 0 Å². The van der Waals surface area contributed by atoms with Crippen LogP contribution >= 0.6 is 11.3 Å². The zero-order valence-electron chi connectivity index (χ0n) is 16.2. The van der Waals surface area contributed by atoms with Crippen LogP contribution < -0.4 is 5.32 Å². The average molecular weight is 390 g/mol. The van der Waals surface area contributed by atoms with E-state index in [1.165, 1.54) is 15.8 Å². The Morgan fingerprint density at radius 3 is 2.68 bits per heavy atom. The maximum atomic E-state index is 12.4. The molecule has 0 spiro atoms. The van der Waals surface area contributed by atoms with E-state index in [2.05, 4.69) is 42.1 Å². The van der Waals surface area contributed by atoms with Crippen molar-refractivity contribution < 1.29 is 4.79 Å². The van der Waals surface area contributed by atoms with Gasteiger partial charge in [-0.15, -0.1) is 0 Å². The second kappa shape index (κ2) is 8.04. The third-order valence-electron chi connectivity index (χ3n) is 5.22. The third kappa shape index (κ3) is 4.18. The van der Waals surface area contributed by atoms with E-state index < -0.39 is 0 Å². The molecule has 1 fully saturated rings. The highest BCUT2D eigenvalue weighted by Crippen LogP contribution is 2.27. The molecular weight excluding hydrogens is 366 g/mol. The second-order valence-corrected chi connectivity index (χ2v) is 8.28. The van der Waals surface area contributed by atoms with Crippen molar-refractivity contribution in [2.24, 2.45) is 0 Å². The Morgan fingerprint density at radius 1 is 1.14 bits per heavy atom. The van der Waals surface area contributed by atoms with E-state index in [1.807, 2.05) is 41.3 Å². The molecule has 142 valence electrons. The quantitative estimate of drug-likeness (QED) is 0.662. The zero-order valence-corrected chi connectivity index (χ0v) is 17.0. The van der Waals surface area contributed by atoms with Gasteiger partial charge in [0.25, 0.3) is 5.91 Å². The molecule has 1 aromatic heterocycles. The van der Waals surface area contributed by atoms with Gasteiger partial charge in [-0.25, -0.2) is 4.98 Å². The molecular formula is C23H23N3OS. The minimum Gasteiger partial charge on any atom is -0.359 e. The number of anilines is 1. The summed E-state index contributed by atoms with van der Waals surface area (Å²) in [4.78, 5) is 18.9. The number of thiazole rings is 1. The molecule has 0 unspecified atom stereocenters. The summed E-state index contributed by atoms with van der Waals surface area (Å²) < 4.78 is 1.19. The smallest absolute Gasteiger partial charge is 0.298 e. The first-order chi connectivity index (χ1) is 13.6. The Hall–Kier alpha value is -2.84. The molecule has 1 aliphatic heterocycles. The van der Waals surface area contributed by atoms with Gasteiger partial charge in [0.1, 0.15) is 0 Å². The zero-order chi connectivity index (χ0) is 19.5. The van der Waals surface area contributed by atoms with Gasteiger partial charge >= 0.3 is 0 Å². The summed E-state index contributed by atoms with van der Waals surface area (Å²) in [5.41, 5.74) is 4.36. The van der Waals surface area contributed by atoms with Crippen LogP contribution in [-0.2, 0) is 4.79 Å². The molecule has 1 aliphatic rings. The molecule has 1 N–H and O–H groups in total. The molecule has 2 aromatic carbocycles. The highest BCUT2D eigenvalue weighted by Gasteiger charge is 2.22. The van der Waals surface area contributed by atoms with Gasteiger partial charge in [0.05, 0.1) is 10.2 Å². The van der Waals surface area contributed by atoms with Crippen LogP contribution in [0, 0.1) is 25.7 Å². The molecule has 0 atom stereocenters. The third-order valence-corrected chi connectivity index (χ3v) is 6.19. The topological polar surface area (TPSA) is 45.2 Å². The van der Waals surface area contributed by atoms with E-state index in [-0.39, 0.29) is 5.91 Å². The molecule has 1 amide bonds. The van der Waals surface area contributed by atoms with E-state index in [4.69, 9.17) is 0 Å². The van der Waals surface area contributed by atoms with Crippen molar-refractivity contribution in [2.45, 2.75) is 32.7 Å². The van der Waals surface area contributed by atoms with Crippen LogP contribution in [-0.4, -0.2) is 34.9 Å². The van der Waals surface area contributed by atoms with Crippen molar-refractivity contribution in [3.63, 3.8) is 0 Å². The number of benzene rings is 2. The van der Waals surface area contributed by atoms with Gasteiger partial charge < -0.3 is 10.2 Å². The van der Waals surface area contributed by atoms with Crippen molar-refractivity contribution in [1.29, 1.82) is 0 Å². The number of nitrogens with one attached hydrogen (secondary N) is 1. The van der Waals surface area contributed by atoms with Crippen molar-refractivity contribution in [2.75, 3.05) is 18.4 Å². The van der Waals surface area contributed by atoms with Crippen molar-refractivity contribution in [3.8, 4) is 11.8 Å². The van der Waals surface area contributed by atoms with Crippen LogP contribution in [0.5, 0.6) is 0 Å². The van der Waals surface area contributed by atoms with Gasteiger partial charge in [-0.3, -0.25) is 4.79 Å². The van der Waals surface area contributed by atoms with Crippen LogP contribution in [0.25, 0.3) is 10.2 Å². The number of aromatic nitrogens is 1. The number of nitrogens with zero attached hydrogens (tertiary/aromatic N) is 2. The fourth-order valence-electron chi connectivity index (χ4n) is 3.36. The van der Waals surface area contributed by atoms with Gasteiger partial charge in [-0.1, -0.05) is 35.5 Å². The summed E-state index contributed by atoms with van der Waals surface area (Å²) in [5, 5.41) is 4.49. The van der Waals surface area contributed by atoms with Crippen LogP contribution in [0.3, 0.4) is 0 Å². The Balaban J connectivity index is 1.32. The molecule has 2 heterocycles. The first-order valence-corrected chi connectivity index (χ1v) is 10.4. The number of rotatable bonds is 2. The number of para-hydroxylation sites is 1. The minimum absolute atomic E-state index is 0.0864. The molecule has 4 rings (SSSR count). The lowest BCUT2D eigenvalue weighted by atomic mass is 10.1. The largest absolute Gasteiger partial charge is 0.359 e. The fourth-order valence-corrected chi connectivity index (χ4v) is 4.30.